The first-order valence-electron chi connectivity index (χ1n) is 9.58. The Labute approximate surface area is 180 Å². The average molecular weight is 425 g/mol. The number of thiazole rings is 1. The van der Waals surface area contributed by atoms with Crippen molar-refractivity contribution in [2.45, 2.75) is 18.7 Å². The van der Waals surface area contributed by atoms with Gasteiger partial charge in [-0.15, -0.1) is 11.8 Å². The fourth-order valence-corrected chi connectivity index (χ4v) is 4.59. The fraction of sp³-hybridized carbons (Fsp3) is 0.318. The molecule has 0 radical (unpaired) electrons. The summed E-state index contributed by atoms with van der Waals surface area (Å²) >= 11 is 3.24. The maximum Gasteiger partial charge on any atom is 0.260 e. The molecular formula is C22H24N4OS2. The van der Waals surface area contributed by atoms with Crippen molar-refractivity contribution < 1.29 is 4.79 Å². The van der Waals surface area contributed by atoms with Crippen LogP contribution in [-0.4, -0.2) is 48.2 Å². The van der Waals surface area contributed by atoms with Gasteiger partial charge in [0.25, 0.3) is 5.91 Å². The SMILES string of the molecule is CCN(CC)CCN(C(=O)c1ccc(C#N)cc1)c1nc2ccc(SC)cc2s1. The van der Waals surface area contributed by atoms with Crippen LogP contribution in [0.2, 0.25) is 0 Å². The topological polar surface area (TPSA) is 60.2 Å². The van der Waals surface area contributed by atoms with Gasteiger partial charge in [0.1, 0.15) is 0 Å². The number of carbonyl (C=O) groups excluding carboxylic acids is 1. The monoisotopic (exact) mass is 424 g/mol. The predicted molar refractivity (Wildman–Crippen MR) is 122 cm³/mol. The number of rotatable bonds is 8. The number of benzene rings is 2. The lowest BCUT2D eigenvalue weighted by Crippen LogP contribution is -2.38. The summed E-state index contributed by atoms with van der Waals surface area (Å²) < 4.78 is 1.08. The first kappa shape index (κ1) is 21.3. The summed E-state index contributed by atoms with van der Waals surface area (Å²) in [5.41, 5.74) is 2.01. The molecule has 0 N–H and O–H groups in total. The Morgan fingerprint density at radius 1 is 1.14 bits per heavy atom. The number of amides is 1. The number of nitriles is 1. The van der Waals surface area contributed by atoms with Crippen molar-refractivity contribution >= 4 is 44.4 Å². The van der Waals surface area contributed by atoms with Crippen molar-refractivity contribution in [3.8, 4) is 6.07 Å². The van der Waals surface area contributed by atoms with Crippen LogP contribution in [0, 0.1) is 11.3 Å². The zero-order chi connectivity index (χ0) is 20.8. The summed E-state index contributed by atoms with van der Waals surface area (Å²) in [7, 11) is 0. The Hall–Kier alpha value is -2.40. The molecule has 0 bridgehead atoms. The Morgan fingerprint density at radius 2 is 1.86 bits per heavy atom. The van der Waals surface area contributed by atoms with Crippen molar-refractivity contribution in [3.05, 3.63) is 53.6 Å². The lowest BCUT2D eigenvalue weighted by atomic mass is 10.1. The normalized spacial score (nSPS) is 11.0. The van der Waals surface area contributed by atoms with Gasteiger partial charge in [0.15, 0.2) is 5.13 Å². The van der Waals surface area contributed by atoms with E-state index < -0.39 is 0 Å². The van der Waals surface area contributed by atoms with Gasteiger partial charge in [0.2, 0.25) is 0 Å². The van der Waals surface area contributed by atoms with Gasteiger partial charge in [-0.25, -0.2) is 4.98 Å². The smallest absolute Gasteiger partial charge is 0.260 e. The van der Waals surface area contributed by atoms with Gasteiger partial charge in [-0.1, -0.05) is 25.2 Å². The Bertz CT molecular complexity index is 1020. The Morgan fingerprint density at radius 3 is 2.48 bits per heavy atom. The number of likely N-dealkylation sites (N-methyl/N-ethyl adjacent to an activating group) is 1. The zero-order valence-corrected chi connectivity index (χ0v) is 18.5. The molecule has 1 amide bonds. The highest BCUT2D eigenvalue weighted by Gasteiger charge is 2.22. The summed E-state index contributed by atoms with van der Waals surface area (Å²) in [6.07, 6.45) is 2.05. The highest BCUT2D eigenvalue weighted by Crippen LogP contribution is 2.32. The molecule has 3 rings (SSSR count). The van der Waals surface area contributed by atoms with Crippen LogP contribution in [0.5, 0.6) is 0 Å². The third-order valence-electron chi connectivity index (χ3n) is 4.86. The first-order chi connectivity index (χ1) is 14.1. The second kappa shape index (κ2) is 9.88. The van der Waals surface area contributed by atoms with E-state index in [1.54, 1.807) is 52.3 Å². The molecule has 0 aliphatic heterocycles. The molecule has 0 spiro atoms. The summed E-state index contributed by atoms with van der Waals surface area (Å²) in [6.45, 7) is 7.46. The van der Waals surface area contributed by atoms with Crippen LogP contribution in [0.4, 0.5) is 5.13 Å². The molecule has 7 heteroatoms. The van der Waals surface area contributed by atoms with Gasteiger partial charge in [-0.3, -0.25) is 9.69 Å². The maximum absolute atomic E-state index is 13.3. The largest absolute Gasteiger partial charge is 0.302 e. The van der Waals surface area contributed by atoms with Gasteiger partial charge in [-0.2, -0.15) is 5.26 Å². The van der Waals surface area contributed by atoms with E-state index in [-0.39, 0.29) is 5.91 Å². The number of anilines is 1. The van der Waals surface area contributed by atoms with E-state index in [9.17, 15) is 4.79 Å². The molecule has 0 aliphatic carbocycles. The van der Waals surface area contributed by atoms with Crippen LogP contribution < -0.4 is 4.90 Å². The molecule has 150 valence electrons. The molecule has 29 heavy (non-hydrogen) atoms. The van der Waals surface area contributed by atoms with Crippen molar-refractivity contribution in [2.24, 2.45) is 0 Å². The number of nitrogens with zero attached hydrogens (tertiary/aromatic N) is 4. The molecular weight excluding hydrogens is 400 g/mol. The standard InChI is InChI=1S/C22H24N4OS2/c1-4-25(5-2)12-13-26(21(27)17-8-6-16(15-23)7-9-17)22-24-19-11-10-18(28-3)14-20(19)29-22/h6-11,14H,4-5,12-13H2,1-3H3. The van der Waals surface area contributed by atoms with E-state index in [4.69, 9.17) is 10.2 Å². The number of hydrogen-bond donors (Lipinski definition) is 0. The van der Waals surface area contributed by atoms with Crippen molar-refractivity contribution in [3.63, 3.8) is 0 Å². The third kappa shape index (κ3) is 4.96. The minimum absolute atomic E-state index is 0.0919. The summed E-state index contributed by atoms with van der Waals surface area (Å²) in [6, 6.07) is 15.1. The molecule has 3 aromatic rings. The van der Waals surface area contributed by atoms with E-state index in [2.05, 4.69) is 36.9 Å². The van der Waals surface area contributed by atoms with Crippen LogP contribution in [-0.2, 0) is 0 Å². The molecule has 5 nitrogen and oxygen atoms in total. The second-order valence-corrected chi connectivity index (χ2v) is 8.39. The van der Waals surface area contributed by atoms with Crippen molar-refractivity contribution in [1.82, 2.24) is 9.88 Å². The molecule has 2 aromatic carbocycles. The fourth-order valence-electron chi connectivity index (χ4n) is 3.04. The number of aromatic nitrogens is 1. The highest BCUT2D eigenvalue weighted by molar-refractivity contribution is 7.98. The average Bonchev–Trinajstić information content (AvgIpc) is 3.19. The van der Waals surface area contributed by atoms with Gasteiger partial charge >= 0.3 is 0 Å². The number of carbonyl (C=O) groups is 1. The van der Waals surface area contributed by atoms with E-state index >= 15 is 0 Å². The predicted octanol–water partition coefficient (Wildman–Crippen LogP) is 4.88. The second-order valence-electron chi connectivity index (χ2n) is 6.50. The van der Waals surface area contributed by atoms with Crippen LogP contribution in [0.3, 0.4) is 0 Å². The first-order valence-corrected chi connectivity index (χ1v) is 11.6. The van der Waals surface area contributed by atoms with Gasteiger partial charge < -0.3 is 4.90 Å². The van der Waals surface area contributed by atoms with Gasteiger partial charge in [-0.05, 0) is 61.8 Å². The number of fused-ring (bicyclic) bond motifs is 1. The molecule has 1 aromatic heterocycles. The van der Waals surface area contributed by atoms with E-state index in [0.717, 1.165) is 29.9 Å². The summed E-state index contributed by atoms with van der Waals surface area (Å²) in [5, 5.41) is 9.72. The van der Waals surface area contributed by atoms with Gasteiger partial charge in [0, 0.05) is 23.5 Å². The molecule has 0 aliphatic rings. The van der Waals surface area contributed by atoms with Crippen LogP contribution in [0.1, 0.15) is 29.8 Å². The van der Waals surface area contributed by atoms with Crippen molar-refractivity contribution in [2.75, 3.05) is 37.3 Å². The maximum atomic E-state index is 13.3. The van der Waals surface area contributed by atoms with Crippen LogP contribution >= 0.6 is 23.1 Å². The quantitative estimate of drug-likeness (QED) is 0.482. The van der Waals surface area contributed by atoms with Gasteiger partial charge in [0.05, 0.1) is 21.8 Å². The number of hydrogen-bond acceptors (Lipinski definition) is 6. The lowest BCUT2D eigenvalue weighted by molar-refractivity contribution is 0.0984. The van der Waals surface area contributed by atoms with E-state index in [1.165, 1.54) is 4.90 Å². The number of thioether (sulfide) groups is 1. The molecule has 0 atom stereocenters. The Kier molecular flexibility index (Phi) is 7.26. The summed E-state index contributed by atoms with van der Waals surface area (Å²) in [4.78, 5) is 23.3. The zero-order valence-electron chi connectivity index (χ0n) is 16.9. The lowest BCUT2D eigenvalue weighted by Gasteiger charge is -2.24. The minimum atomic E-state index is -0.0919. The minimum Gasteiger partial charge on any atom is -0.302 e. The molecule has 1 heterocycles. The van der Waals surface area contributed by atoms with Crippen LogP contribution in [0.15, 0.2) is 47.4 Å². The van der Waals surface area contributed by atoms with Crippen LogP contribution in [0.25, 0.3) is 10.2 Å². The highest BCUT2D eigenvalue weighted by atomic mass is 32.2. The summed E-state index contributed by atoms with van der Waals surface area (Å²) in [5.74, 6) is -0.0919. The van der Waals surface area contributed by atoms with E-state index in [1.807, 2.05) is 12.3 Å². The van der Waals surface area contributed by atoms with Crippen molar-refractivity contribution in [1.29, 1.82) is 5.26 Å². The third-order valence-corrected chi connectivity index (χ3v) is 6.62. The molecule has 0 saturated heterocycles. The molecule has 0 unspecified atom stereocenters. The molecule has 0 saturated carbocycles. The molecule has 0 fully saturated rings. The Balaban J connectivity index is 1.95. The van der Waals surface area contributed by atoms with E-state index in [0.29, 0.717) is 22.8 Å².